The van der Waals surface area contributed by atoms with Crippen molar-refractivity contribution in [3.05, 3.63) is 192 Å². The standard InChI is InChI=1S/C44H28N6/c45-29-35(30-46)43(33-21-25-41(26-22-33)49(37-13-5-1-6-14-37)38-15-7-2-8-16-38)44(36(31-47)32-48)34-23-27-42(28-24-34)50(39-17-9-3-10-18-39)40-19-11-4-12-20-40/h1-28H. The van der Waals surface area contributed by atoms with Gasteiger partial charge in [0.2, 0.25) is 0 Å². The van der Waals surface area contributed by atoms with E-state index in [-0.39, 0.29) is 22.3 Å². The van der Waals surface area contributed by atoms with E-state index in [1.54, 1.807) is 0 Å². The van der Waals surface area contributed by atoms with Crippen LogP contribution in [0.25, 0.3) is 11.1 Å². The van der Waals surface area contributed by atoms with Gasteiger partial charge in [0.25, 0.3) is 0 Å². The van der Waals surface area contributed by atoms with Gasteiger partial charge in [-0.1, -0.05) is 97.1 Å². The van der Waals surface area contributed by atoms with E-state index in [2.05, 4.69) is 9.80 Å². The quantitative estimate of drug-likeness (QED) is 0.115. The SMILES string of the molecule is N#CC(C#N)=C(C(=C(C#N)C#N)c1ccc(N(c2ccccc2)c2ccccc2)cc1)c1ccc(N(c2ccccc2)c2ccccc2)cc1. The minimum atomic E-state index is -0.210. The summed E-state index contributed by atoms with van der Waals surface area (Å²) in [4.78, 5) is 4.19. The molecule has 0 spiro atoms. The molecule has 0 atom stereocenters. The summed E-state index contributed by atoms with van der Waals surface area (Å²) in [5.41, 5.74) is 6.54. The van der Waals surface area contributed by atoms with Crippen LogP contribution in [0.3, 0.4) is 0 Å². The minimum Gasteiger partial charge on any atom is -0.311 e. The van der Waals surface area contributed by atoms with E-state index in [1.165, 1.54) is 0 Å². The summed E-state index contributed by atoms with van der Waals surface area (Å²) in [6.45, 7) is 0. The molecule has 0 aliphatic rings. The van der Waals surface area contributed by atoms with E-state index in [9.17, 15) is 21.0 Å². The number of para-hydroxylation sites is 4. The van der Waals surface area contributed by atoms with Crippen LogP contribution < -0.4 is 9.80 Å². The van der Waals surface area contributed by atoms with Crippen LogP contribution in [-0.4, -0.2) is 0 Å². The van der Waals surface area contributed by atoms with Gasteiger partial charge in [-0.15, -0.1) is 0 Å². The molecule has 6 rings (SSSR count). The molecule has 0 N–H and O–H groups in total. The first kappa shape index (κ1) is 32.3. The molecule has 6 aromatic rings. The van der Waals surface area contributed by atoms with Crippen molar-refractivity contribution < 1.29 is 0 Å². The Kier molecular flexibility index (Phi) is 9.89. The van der Waals surface area contributed by atoms with Crippen LogP contribution in [0.5, 0.6) is 0 Å². The zero-order valence-corrected chi connectivity index (χ0v) is 26.8. The predicted molar refractivity (Wildman–Crippen MR) is 199 cm³/mol. The smallest absolute Gasteiger partial charge is 0.138 e. The second-order valence-corrected chi connectivity index (χ2v) is 11.1. The lowest BCUT2D eigenvalue weighted by molar-refractivity contribution is 1.28. The van der Waals surface area contributed by atoms with Crippen molar-refractivity contribution in [2.24, 2.45) is 0 Å². The number of anilines is 6. The van der Waals surface area contributed by atoms with Crippen molar-refractivity contribution in [2.45, 2.75) is 0 Å². The molecular formula is C44H28N6. The molecule has 234 valence electrons. The number of rotatable bonds is 9. The van der Waals surface area contributed by atoms with Crippen LogP contribution in [0.4, 0.5) is 34.1 Å². The van der Waals surface area contributed by atoms with Crippen molar-refractivity contribution in [3.8, 4) is 24.3 Å². The van der Waals surface area contributed by atoms with Gasteiger partial charge in [0.05, 0.1) is 0 Å². The van der Waals surface area contributed by atoms with Gasteiger partial charge in [0, 0.05) is 45.3 Å². The largest absolute Gasteiger partial charge is 0.311 e. The molecule has 0 heterocycles. The van der Waals surface area contributed by atoms with Crippen LogP contribution in [0.2, 0.25) is 0 Å². The van der Waals surface area contributed by atoms with E-state index in [0.717, 1.165) is 34.1 Å². The average Bonchev–Trinajstić information content (AvgIpc) is 3.19. The molecule has 0 fully saturated rings. The van der Waals surface area contributed by atoms with Crippen LogP contribution in [0.15, 0.2) is 181 Å². The highest BCUT2D eigenvalue weighted by molar-refractivity contribution is 6.11. The van der Waals surface area contributed by atoms with Gasteiger partial charge in [-0.2, -0.15) is 21.0 Å². The first-order valence-electron chi connectivity index (χ1n) is 15.8. The lowest BCUT2D eigenvalue weighted by Crippen LogP contribution is -2.10. The monoisotopic (exact) mass is 640 g/mol. The Balaban J connectivity index is 1.47. The molecular weight excluding hydrogens is 613 g/mol. The topological polar surface area (TPSA) is 102 Å². The summed E-state index contributed by atoms with van der Waals surface area (Å²) < 4.78 is 0. The highest BCUT2D eigenvalue weighted by Crippen LogP contribution is 2.41. The third kappa shape index (κ3) is 6.73. The molecule has 0 amide bonds. The first-order valence-corrected chi connectivity index (χ1v) is 15.8. The predicted octanol–water partition coefficient (Wildman–Crippen LogP) is 10.9. The lowest BCUT2D eigenvalue weighted by Gasteiger charge is -2.26. The third-order valence-electron chi connectivity index (χ3n) is 8.08. The van der Waals surface area contributed by atoms with Gasteiger partial charge in [-0.05, 0) is 83.9 Å². The number of hydrogen-bond acceptors (Lipinski definition) is 6. The normalized spacial score (nSPS) is 9.92. The van der Waals surface area contributed by atoms with Crippen LogP contribution >= 0.6 is 0 Å². The maximum atomic E-state index is 10.2. The van der Waals surface area contributed by atoms with Gasteiger partial charge in [-0.25, -0.2) is 0 Å². The Morgan fingerprint density at radius 2 is 0.520 bits per heavy atom. The minimum absolute atomic E-state index is 0.210. The Bertz CT molecular complexity index is 2040. The van der Waals surface area contributed by atoms with Crippen molar-refractivity contribution in [1.29, 1.82) is 21.0 Å². The molecule has 0 aliphatic carbocycles. The molecule has 0 bridgehead atoms. The fourth-order valence-electron chi connectivity index (χ4n) is 5.86. The zero-order chi connectivity index (χ0) is 34.7. The summed E-state index contributed by atoms with van der Waals surface area (Å²) in [7, 11) is 0. The molecule has 6 aromatic carbocycles. The highest BCUT2D eigenvalue weighted by atomic mass is 15.1. The van der Waals surface area contributed by atoms with Gasteiger partial charge < -0.3 is 9.80 Å². The number of nitriles is 4. The first-order chi connectivity index (χ1) is 24.7. The zero-order valence-electron chi connectivity index (χ0n) is 26.8. The summed E-state index contributed by atoms with van der Waals surface area (Å²) in [5, 5.41) is 40.6. The van der Waals surface area contributed by atoms with E-state index < -0.39 is 0 Å². The maximum absolute atomic E-state index is 10.2. The Labute approximate surface area is 291 Å². The van der Waals surface area contributed by atoms with Gasteiger partial charge in [0.1, 0.15) is 35.4 Å². The molecule has 0 unspecified atom stereocenters. The number of benzene rings is 6. The fourth-order valence-corrected chi connectivity index (χ4v) is 5.86. The molecule has 6 nitrogen and oxygen atoms in total. The molecule has 50 heavy (non-hydrogen) atoms. The second kappa shape index (κ2) is 15.3. The van der Waals surface area contributed by atoms with Gasteiger partial charge in [-0.3, -0.25) is 0 Å². The summed E-state index contributed by atoms with van der Waals surface area (Å²) in [6.07, 6.45) is 0. The van der Waals surface area contributed by atoms with Crippen molar-refractivity contribution >= 4 is 45.3 Å². The van der Waals surface area contributed by atoms with Crippen LogP contribution in [0, 0.1) is 45.3 Å². The Morgan fingerprint density at radius 3 is 0.740 bits per heavy atom. The molecule has 0 radical (unpaired) electrons. The van der Waals surface area contributed by atoms with Crippen molar-refractivity contribution in [3.63, 3.8) is 0 Å². The van der Waals surface area contributed by atoms with E-state index in [1.807, 2.05) is 194 Å². The maximum Gasteiger partial charge on any atom is 0.138 e. The summed E-state index contributed by atoms with van der Waals surface area (Å²) in [5.74, 6) is 0. The van der Waals surface area contributed by atoms with Crippen LogP contribution in [-0.2, 0) is 0 Å². The van der Waals surface area contributed by atoms with E-state index in [0.29, 0.717) is 11.1 Å². The van der Waals surface area contributed by atoms with Crippen molar-refractivity contribution in [2.75, 3.05) is 9.80 Å². The average molecular weight is 641 g/mol. The lowest BCUT2D eigenvalue weighted by atomic mass is 9.86. The number of hydrogen-bond donors (Lipinski definition) is 0. The molecule has 0 aliphatic heterocycles. The van der Waals surface area contributed by atoms with E-state index >= 15 is 0 Å². The van der Waals surface area contributed by atoms with Crippen molar-refractivity contribution in [1.82, 2.24) is 0 Å². The Morgan fingerprint density at radius 1 is 0.300 bits per heavy atom. The van der Waals surface area contributed by atoms with Gasteiger partial charge >= 0.3 is 0 Å². The Hall–Kier alpha value is -7.64. The number of nitrogens with zero attached hydrogens (tertiary/aromatic N) is 6. The molecule has 0 saturated heterocycles. The molecule has 0 aromatic heterocycles. The molecule has 0 saturated carbocycles. The van der Waals surface area contributed by atoms with Crippen LogP contribution in [0.1, 0.15) is 11.1 Å². The summed E-state index contributed by atoms with van der Waals surface area (Å²) in [6, 6.07) is 62.6. The molecule has 6 heteroatoms. The fraction of sp³-hybridized carbons (Fsp3) is 0. The van der Waals surface area contributed by atoms with Gasteiger partial charge in [0.15, 0.2) is 0 Å². The summed E-state index contributed by atoms with van der Waals surface area (Å²) >= 11 is 0. The number of allylic oxidation sites excluding steroid dienone is 4. The third-order valence-corrected chi connectivity index (χ3v) is 8.08. The highest BCUT2D eigenvalue weighted by Gasteiger charge is 2.23. The second-order valence-electron chi connectivity index (χ2n) is 11.1. The van der Waals surface area contributed by atoms with E-state index in [4.69, 9.17) is 0 Å².